The molecule has 4 aliphatic rings. The second kappa shape index (κ2) is 3.53. The van der Waals surface area contributed by atoms with Crippen LogP contribution in [0.25, 0.3) is 0 Å². The monoisotopic (exact) mass is 243 g/mol. The Hall–Kier alpha value is -1.44. The van der Waals surface area contributed by atoms with E-state index >= 15 is 0 Å². The second-order valence-corrected chi connectivity index (χ2v) is 6.52. The van der Waals surface area contributed by atoms with Gasteiger partial charge in [-0.2, -0.15) is 5.26 Å². The van der Waals surface area contributed by atoms with E-state index < -0.39 is 0 Å². The molecule has 5 heteroatoms. The molecule has 5 nitrogen and oxygen atoms in total. The van der Waals surface area contributed by atoms with Crippen LogP contribution < -0.4 is 0 Å². The lowest BCUT2D eigenvalue weighted by Gasteiger charge is -2.55. The van der Waals surface area contributed by atoms with Crippen molar-refractivity contribution in [2.75, 3.05) is 0 Å². The molecular weight excluding hydrogens is 226 g/mol. The second-order valence-electron chi connectivity index (χ2n) is 6.52. The zero-order valence-corrected chi connectivity index (χ0v) is 10.4. The molecule has 94 valence electrons. The summed E-state index contributed by atoms with van der Waals surface area (Å²) >= 11 is 0. The molecule has 4 fully saturated rings. The molecule has 0 amide bonds. The van der Waals surface area contributed by atoms with E-state index in [1.54, 1.807) is 4.68 Å². The Balaban J connectivity index is 1.75. The van der Waals surface area contributed by atoms with Gasteiger partial charge < -0.3 is 0 Å². The van der Waals surface area contributed by atoms with Crippen molar-refractivity contribution in [1.82, 2.24) is 20.2 Å². The van der Waals surface area contributed by atoms with Crippen LogP contribution in [0.2, 0.25) is 0 Å². The summed E-state index contributed by atoms with van der Waals surface area (Å²) in [6.07, 6.45) is 7.97. The van der Waals surface area contributed by atoms with Gasteiger partial charge in [-0.25, -0.2) is 4.68 Å². The molecule has 4 bridgehead atoms. The Kier molecular flexibility index (Phi) is 2.06. The van der Waals surface area contributed by atoms with Crippen LogP contribution in [0.5, 0.6) is 0 Å². The summed E-state index contributed by atoms with van der Waals surface area (Å²) in [5.41, 5.74) is 0.190. The number of hydrogen-bond acceptors (Lipinski definition) is 4. The van der Waals surface area contributed by atoms with Gasteiger partial charge in [0, 0.05) is 5.41 Å². The van der Waals surface area contributed by atoms with Crippen LogP contribution in [0.3, 0.4) is 0 Å². The van der Waals surface area contributed by atoms with E-state index in [-0.39, 0.29) is 12.0 Å². The van der Waals surface area contributed by atoms with Crippen LogP contribution in [-0.4, -0.2) is 20.2 Å². The predicted octanol–water partition coefficient (Wildman–Crippen LogP) is 1.66. The van der Waals surface area contributed by atoms with Crippen molar-refractivity contribution in [3.05, 3.63) is 5.82 Å². The van der Waals surface area contributed by atoms with Gasteiger partial charge >= 0.3 is 0 Å². The average Bonchev–Trinajstić information content (AvgIpc) is 2.76. The van der Waals surface area contributed by atoms with Crippen LogP contribution in [0.4, 0.5) is 0 Å². The van der Waals surface area contributed by atoms with Crippen molar-refractivity contribution in [2.24, 2.45) is 17.8 Å². The Morgan fingerprint density at radius 3 is 2.33 bits per heavy atom. The van der Waals surface area contributed by atoms with Crippen molar-refractivity contribution in [1.29, 1.82) is 5.26 Å². The van der Waals surface area contributed by atoms with Crippen LogP contribution in [-0.2, 0) is 12.0 Å². The highest BCUT2D eigenvalue weighted by molar-refractivity contribution is 5.16. The maximum Gasteiger partial charge on any atom is 0.158 e. The average molecular weight is 243 g/mol. The summed E-state index contributed by atoms with van der Waals surface area (Å²) in [7, 11) is 0. The standard InChI is InChI=1S/C13H17N5/c14-1-2-18-12(15-16-17-18)13-6-9-3-10(7-13)5-11(4-9)8-13/h9-11H,2-8H2. The lowest BCUT2D eigenvalue weighted by molar-refractivity contribution is -0.0113. The van der Waals surface area contributed by atoms with Crippen LogP contribution in [0.15, 0.2) is 0 Å². The number of hydrogen-bond donors (Lipinski definition) is 0. The molecule has 5 rings (SSSR count). The van der Waals surface area contributed by atoms with Gasteiger partial charge in [-0.15, -0.1) is 5.10 Å². The molecule has 0 aliphatic heterocycles. The predicted molar refractivity (Wildman–Crippen MR) is 63.3 cm³/mol. The maximum atomic E-state index is 8.88. The van der Waals surface area contributed by atoms with Gasteiger partial charge in [0.2, 0.25) is 0 Å². The first-order chi connectivity index (χ1) is 8.79. The van der Waals surface area contributed by atoms with E-state index in [0.29, 0.717) is 0 Å². The van der Waals surface area contributed by atoms with Crippen LogP contribution in [0.1, 0.15) is 44.3 Å². The molecule has 4 saturated carbocycles. The van der Waals surface area contributed by atoms with Gasteiger partial charge in [0.05, 0.1) is 6.07 Å². The first-order valence-electron chi connectivity index (χ1n) is 6.93. The molecule has 1 aromatic rings. The van der Waals surface area contributed by atoms with E-state index in [0.717, 1.165) is 23.6 Å². The van der Waals surface area contributed by atoms with Crippen molar-refractivity contribution in [3.8, 4) is 6.07 Å². The summed E-state index contributed by atoms with van der Waals surface area (Å²) in [6.45, 7) is 0.282. The first-order valence-corrected chi connectivity index (χ1v) is 6.93. The summed E-state index contributed by atoms with van der Waals surface area (Å²) in [6, 6.07) is 2.16. The summed E-state index contributed by atoms with van der Waals surface area (Å²) in [5.74, 6) is 3.62. The van der Waals surface area contributed by atoms with E-state index in [4.69, 9.17) is 5.26 Å². The van der Waals surface area contributed by atoms with Crippen molar-refractivity contribution < 1.29 is 0 Å². The largest absolute Gasteiger partial charge is 0.215 e. The van der Waals surface area contributed by atoms with Crippen molar-refractivity contribution >= 4 is 0 Å². The van der Waals surface area contributed by atoms with Gasteiger partial charge in [0.1, 0.15) is 6.54 Å². The molecule has 4 aliphatic carbocycles. The SMILES string of the molecule is N#CCn1nnnc1C12CC3CC(CC(C3)C1)C2. The highest BCUT2D eigenvalue weighted by Crippen LogP contribution is 2.60. The smallest absolute Gasteiger partial charge is 0.158 e. The lowest BCUT2D eigenvalue weighted by atomic mass is 9.49. The minimum Gasteiger partial charge on any atom is -0.215 e. The number of nitrogens with zero attached hydrogens (tertiary/aromatic N) is 5. The maximum absolute atomic E-state index is 8.88. The fourth-order valence-corrected chi connectivity index (χ4v) is 5.14. The number of rotatable bonds is 2. The molecule has 18 heavy (non-hydrogen) atoms. The van der Waals surface area contributed by atoms with E-state index in [9.17, 15) is 0 Å². The molecule has 0 atom stereocenters. The zero-order valence-electron chi connectivity index (χ0n) is 10.4. The third-order valence-electron chi connectivity index (χ3n) is 5.26. The van der Waals surface area contributed by atoms with Crippen molar-refractivity contribution in [3.63, 3.8) is 0 Å². The Morgan fingerprint density at radius 1 is 1.17 bits per heavy atom. The van der Waals surface area contributed by atoms with Gasteiger partial charge in [-0.05, 0) is 66.7 Å². The molecule has 0 spiro atoms. The highest BCUT2D eigenvalue weighted by Gasteiger charge is 2.53. The van der Waals surface area contributed by atoms with Gasteiger partial charge in [-0.3, -0.25) is 0 Å². The highest BCUT2D eigenvalue weighted by atomic mass is 15.5. The normalized spacial score (nSPS) is 40.9. The molecule has 1 heterocycles. The molecule has 0 unspecified atom stereocenters. The Bertz CT molecular complexity index is 476. The minimum atomic E-state index is 0.190. The Morgan fingerprint density at radius 2 is 1.78 bits per heavy atom. The molecule has 1 aromatic heterocycles. The van der Waals surface area contributed by atoms with Gasteiger partial charge in [0.15, 0.2) is 5.82 Å². The van der Waals surface area contributed by atoms with Gasteiger partial charge in [-0.1, -0.05) is 0 Å². The van der Waals surface area contributed by atoms with Crippen molar-refractivity contribution in [2.45, 2.75) is 50.5 Å². The topological polar surface area (TPSA) is 67.4 Å². The number of aromatic nitrogens is 4. The number of nitriles is 1. The number of tetrazole rings is 1. The molecule has 0 radical (unpaired) electrons. The van der Waals surface area contributed by atoms with Crippen LogP contribution >= 0.6 is 0 Å². The zero-order chi connectivity index (χ0) is 12.2. The molecule has 0 aromatic carbocycles. The van der Waals surface area contributed by atoms with E-state index in [1.807, 2.05) is 0 Å². The summed E-state index contributed by atoms with van der Waals surface area (Å²) < 4.78 is 1.73. The van der Waals surface area contributed by atoms with E-state index in [2.05, 4.69) is 21.6 Å². The molecule has 0 N–H and O–H groups in total. The minimum absolute atomic E-state index is 0.190. The molecular formula is C13H17N5. The van der Waals surface area contributed by atoms with E-state index in [1.165, 1.54) is 38.5 Å². The van der Waals surface area contributed by atoms with Gasteiger partial charge in [0.25, 0.3) is 0 Å². The third-order valence-corrected chi connectivity index (χ3v) is 5.26. The summed E-state index contributed by atoms with van der Waals surface area (Å²) in [4.78, 5) is 0. The molecule has 0 saturated heterocycles. The van der Waals surface area contributed by atoms with Crippen LogP contribution in [0, 0.1) is 29.1 Å². The summed E-state index contributed by atoms with van der Waals surface area (Å²) in [5, 5.41) is 21.0. The fraction of sp³-hybridized carbons (Fsp3) is 0.846. The quantitative estimate of drug-likeness (QED) is 0.792. The fourth-order valence-electron chi connectivity index (χ4n) is 5.14. The lowest BCUT2D eigenvalue weighted by Crippen LogP contribution is -2.49. The third kappa shape index (κ3) is 1.35. The first kappa shape index (κ1) is 10.5. The Labute approximate surface area is 106 Å².